The van der Waals surface area contributed by atoms with E-state index in [4.69, 9.17) is 19.8 Å². The number of aliphatic carboxylic acids is 2. The lowest BCUT2D eigenvalue weighted by Crippen LogP contribution is -2.45. The molecule has 1 fully saturated rings. The summed E-state index contributed by atoms with van der Waals surface area (Å²) in [5.74, 6) is -5.51. The van der Waals surface area contributed by atoms with E-state index in [9.17, 15) is 34.8 Å². The van der Waals surface area contributed by atoms with E-state index in [0.717, 1.165) is 36.5 Å². The molecular formula is C19H22F6N4O6S2. The van der Waals surface area contributed by atoms with Crippen LogP contribution in [0.15, 0.2) is 36.1 Å². The predicted molar refractivity (Wildman–Crippen MR) is 118 cm³/mol. The van der Waals surface area contributed by atoms with Crippen molar-refractivity contribution in [1.29, 1.82) is 0 Å². The van der Waals surface area contributed by atoms with Crippen LogP contribution in [0.5, 0.6) is 0 Å². The number of sulfonamides is 1. The van der Waals surface area contributed by atoms with Crippen molar-refractivity contribution in [2.24, 2.45) is 0 Å². The first-order valence-corrected chi connectivity index (χ1v) is 12.8. The molecule has 208 valence electrons. The molecule has 1 aliphatic rings. The number of likely N-dealkylation sites (tertiary alicyclic amines) is 1. The number of alkyl halides is 6. The standard InChI is InChI=1S/C15H20N4O2S2.2C2HF3O2/c1-23(20,21)18-13-4-8-19(11-15-17-7-9-22-15)14(13)10-12-2-5-16-6-3-12;2*3-2(4,5)1(6)7/h2-3,5-7,9,13-14,18H,4,8,10-11H2,1H3;2*(H,6,7)/t13-,14+;;/m1../s1. The highest BCUT2D eigenvalue weighted by molar-refractivity contribution is 7.88. The molecule has 0 saturated carbocycles. The van der Waals surface area contributed by atoms with Crippen molar-refractivity contribution in [3.8, 4) is 0 Å². The molecule has 2 atom stereocenters. The van der Waals surface area contributed by atoms with Gasteiger partial charge in [-0.1, -0.05) is 0 Å². The molecule has 37 heavy (non-hydrogen) atoms. The Bertz CT molecular complexity index is 1070. The summed E-state index contributed by atoms with van der Waals surface area (Å²) >= 11 is 1.63. The van der Waals surface area contributed by atoms with Gasteiger partial charge in [0.05, 0.1) is 12.8 Å². The number of carboxylic acids is 2. The fourth-order valence-electron chi connectivity index (χ4n) is 3.06. The normalized spacial score (nSPS) is 18.2. The van der Waals surface area contributed by atoms with Gasteiger partial charge in [0.1, 0.15) is 5.01 Å². The third-order valence-corrected chi connectivity index (χ3v) is 6.02. The second kappa shape index (κ2) is 13.6. The van der Waals surface area contributed by atoms with E-state index in [1.165, 1.54) is 6.26 Å². The van der Waals surface area contributed by atoms with Gasteiger partial charge in [-0.3, -0.25) is 9.88 Å². The second-order valence-electron chi connectivity index (χ2n) is 7.41. The summed E-state index contributed by atoms with van der Waals surface area (Å²) < 4.78 is 89.6. The van der Waals surface area contributed by atoms with Crippen molar-refractivity contribution in [2.45, 2.75) is 43.8 Å². The molecule has 0 aromatic carbocycles. The van der Waals surface area contributed by atoms with Crippen molar-refractivity contribution < 1.29 is 54.6 Å². The van der Waals surface area contributed by atoms with Crippen LogP contribution < -0.4 is 4.72 Å². The predicted octanol–water partition coefficient (Wildman–Crippen LogP) is 2.54. The highest BCUT2D eigenvalue weighted by atomic mass is 32.2. The summed E-state index contributed by atoms with van der Waals surface area (Å²) in [6.07, 6.45) is -1.99. The quantitative estimate of drug-likeness (QED) is 0.438. The molecule has 0 unspecified atom stereocenters. The lowest BCUT2D eigenvalue weighted by molar-refractivity contribution is -0.193. The monoisotopic (exact) mass is 580 g/mol. The molecule has 1 aliphatic heterocycles. The van der Waals surface area contributed by atoms with Gasteiger partial charge in [-0.25, -0.2) is 27.7 Å². The van der Waals surface area contributed by atoms with E-state index in [1.54, 1.807) is 29.9 Å². The van der Waals surface area contributed by atoms with Gasteiger partial charge in [0.15, 0.2) is 0 Å². The minimum Gasteiger partial charge on any atom is -0.475 e. The van der Waals surface area contributed by atoms with Crippen molar-refractivity contribution in [2.75, 3.05) is 12.8 Å². The molecule has 2 aromatic rings. The summed E-state index contributed by atoms with van der Waals surface area (Å²) in [7, 11) is -3.22. The first-order chi connectivity index (χ1) is 16.9. The third-order valence-electron chi connectivity index (χ3n) is 4.53. The van der Waals surface area contributed by atoms with Gasteiger partial charge < -0.3 is 10.2 Å². The van der Waals surface area contributed by atoms with Gasteiger partial charge in [-0.15, -0.1) is 11.3 Å². The Morgan fingerprint density at radius 2 is 1.59 bits per heavy atom. The van der Waals surface area contributed by atoms with Crippen LogP contribution in [-0.2, 0) is 32.6 Å². The average molecular weight is 581 g/mol. The number of pyridine rings is 1. The topological polar surface area (TPSA) is 150 Å². The van der Waals surface area contributed by atoms with Crippen LogP contribution in [0.25, 0.3) is 0 Å². The molecular weight excluding hydrogens is 558 g/mol. The SMILES string of the molecule is CS(=O)(=O)N[C@@H]1CCN(Cc2nccs2)[C@H]1Cc1ccncc1.O=C(O)C(F)(F)F.O=C(O)C(F)(F)F. The maximum atomic E-state index is 11.7. The summed E-state index contributed by atoms with van der Waals surface area (Å²) in [5, 5.41) is 17.3. The van der Waals surface area contributed by atoms with E-state index in [0.29, 0.717) is 0 Å². The zero-order valence-electron chi connectivity index (χ0n) is 18.9. The molecule has 2 aromatic heterocycles. The van der Waals surface area contributed by atoms with Gasteiger partial charge in [-0.2, -0.15) is 26.3 Å². The van der Waals surface area contributed by atoms with E-state index in [1.807, 2.05) is 17.5 Å². The Kier molecular flexibility index (Phi) is 11.9. The van der Waals surface area contributed by atoms with Crippen LogP contribution in [0, 0.1) is 0 Å². The minimum atomic E-state index is -5.08. The fraction of sp³-hybridized carbons (Fsp3) is 0.474. The van der Waals surface area contributed by atoms with Gasteiger partial charge in [0.25, 0.3) is 0 Å². The van der Waals surface area contributed by atoms with Crippen molar-refractivity contribution in [3.05, 3.63) is 46.7 Å². The number of hydrogen-bond acceptors (Lipinski definition) is 8. The molecule has 0 bridgehead atoms. The number of carbonyl (C=O) groups is 2. The first-order valence-electron chi connectivity index (χ1n) is 9.99. The van der Waals surface area contributed by atoms with E-state index >= 15 is 0 Å². The van der Waals surface area contributed by atoms with Crippen molar-refractivity contribution >= 4 is 33.3 Å². The molecule has 10 nitrogen and oxygen atoms in total. The maximum Gasteiger partial charge on any atom is 0.490 e. The molecule has 0 aliphatic carbocycles. The number of thiazole rings is 1. The number of hydrogen-bond donors (Lipinski definition) is 3. The fourth-order valence-corrected chi connectivity index (χ4v) is 4.53. The van der Waals surface area contributed by atoms with E-state index < -0.39 is 34.3 Å². The Balaban J connectivity index is 0.000000404. The molecule has 18 heteroatoms. The van der Waals surface area contributed by atoms with Crippen molar-refractivity contribution in [1.82, 2.24) is 19.6 Å². The maximum absolute atomic E-state index is 11.7. The number of nitrogens with zero attached hydrogens (tertiary/aromatic N) is 3. The summed E-state index contributed by atoms with van der Waals surface area (Å²) in [6.45, 7) is 1.62. The number of rotatable bonds is 6. The largest absolute Gasteiger partial charge is 0.490 e. The Morgan fingerprint density at radius 1 is 1.08 bits per heavy atom. The zero-order valence-corrected chi connectivity index (χ0v) is 20.5. The van der Waals surface area contributed by atoms with Gasteiger partial charge in [0, 0.05) is 42.6 Å². The number of nitrogens with one attached hydrogen (secondary N) is 1. The Hall–Kier alpha value is -2.83. The van der Waals surface area contributed by atoms with Crippen LogP contribution in [0.3, 0.4) is 0 Å². The summed E-state index contributed by atoms with van der Waals surface area (Å²) in [4.78, 5) is 28.5. The lowest BCUT2D eigenvalue weighted by Gasteiger charge is -2.27. The van der Waals surface area contributed by atoms with Crippen LogP contribution >= 0.6 is 11.3 Å². The Morgan fingerprint density at radius 3 is 2.00 bits per heavy atom. The summed E-state index contributed by atoms with van der Waals surface area (Å²) in [6, 6.07) is 4.02. The minimum absolute atomic E-state index is 0.0712. The lowest BCUT2D eigenvalue weighted by atomic mass is 10.0. The van der Waals surface area contributed by atoms with Crippen molar-refractivity contribution in [3.63, 3.8) is 0 Å². The first kappa shape index (κ1) is 32.2. The number of carboxylic acid groups (broad SMARTS) is 2. The van der Waals surface area contributed by atoms with Gasteiger partial charge in [0.2, 0.25) is 10.0 Å². The van der Waals surface area contributed by atoms with Crippen LogP contribution in [0.4, 0.5) is 26.3 Å². The van der Waals surface area contributed by atoms with Crippen LogP contribution in [0.2, 0.25) is 0 Å². The Labute approximate surface area is 211 Å². The highest BCUT2D eigenvalue weighted by Gasteiger charge is 2.39. The molecule has 0 amide bonds. The highest BCUT2D eigenvalue weighted by Crippen LogP contribution is 2.25. The van der Waals surface area contributed by atoms with Gasteiger partial charge >= 0.3 is 24.3 Å². The third kappa shape index (κ3) is 12.8. The molecule has 0 spiro atoms. The van der Waals surface area contributed by atoms with Gasteiger partial charge in [-0.05, 0) is 30.5 Å². The smallest absolute Gasteiger partial charge is 0.475 e. The average Bonchev–Trinajstić information content (AvgIpc) is 3.39. The van der Waals surface area contributed by atoms with E-state index in [2.05, 4.69) is 19.6 Å². The summed E-state index contributed by atoms with van der Waals surface area (Å²) in [5.41, 5.74) is 1.16. The van der Waals surface area contributed by atoms with Crippen LogP contribution in [-0.4, -0.2) is 82.7 Å². The molecule has 3 N–H and O–H groups in total. The molecule has 1 saturated heterocycles. The zero-order chi connectivity index (χ0) is 28.4. The molecule has 0 radical (unpaired) electrons. The number of aromatic nitrogens is 2. The second-order valence-corrected chi connectivity index (χ2v) is 10.2. The van der Waals surface area contributed by atoms with Crippen LogP contribution in [0.1, 0.15) is 17.0 Å². The molecule has 3 rings (SSSR count). The molecule has 3 heterocycles. The van der Waals surface area contributed by atoms with E-state index in [-0.39, 0.29) is 12.1 Å². The number of halogens is 6.